The van der Waals surface area contributed by atoms with E-state index in [2.05, 4.69) is 6.58 Å². The van der Waals surface area contributed by atoms with Crippen molar-refractivity contribution in [3.05, 3.63) is 36.0 Å². The monoisotopic (exact) mass is 420 g/mol. The summed E-state index contributed by atoms with van der Waals surface area (Å²) in [5.41, 5.74) is -1.95. The number of allylic oxidation sites excluding steroid dienone is 2. The molecule has 2 aliphatic rings. The van der Waals surface area contributed by atoms with Gasteiger partial charge in [-0.1, -0.05) is 25.7 Å². The van der Waals surface area contributed by atoms with Crippen LogP contribution in [-0.4, -0.2) is 52.7 Å². The number of carbonyl (C=O) groups excluding carboxylic acids is 4. The summed E-state index contributed by atoms with van der Waals surface area (Å²) >= 11 is 0. The van der Waals surface area contributed by atoms with Gasteiger partial charge in [-0.25, -0.2) is 9.59 Å². The van der Waals surface area contributed by atoms with E-state index in [9.17, 15) is 24.3 Å². The van der Waals surface area contributed by atoms with Crippen molar-refractivity contribution in [3.8, 4) is 0 Å². The fourth-order valence-corrected chi connectivity index (χ4v) is 3.60. The highest BCUT2D eigenvalue weighted by atomic mass is 16.6. The molecule has 1 heterocycles. The van der Waals surface area contributed by atoms with Gasteiger partial charge in [0.2, 0.25) is 0 Å². The number of aliphatic hydroxyl groups is 1. The van der Waals surface area contributed by atoms with Crippen molar-refractivity contribution >= 4 is 23.7 Å². The molecule has 1 saturated heterocycles. The standard InChI is InChI=1S/C22H28O8/c1-7-12(3)20(25)30-18-17-13(4)21(26)29-15(17)10-11(2)8-9-16(24)22(6,27)19(18)28-14(5)23/h7-9,11,15,17-19,27H,4,10H2,1-3,5-6H3/b9-8-,12-7?/t11-,15+,17-,18-,19+,22-/m0/s1. The molecule has 0 unspecified atom stereocenters. The Hall–Kier alpha value is -2.74. The van der Waals surface area contributed by atoms with Crippen LogP contribution < -0.4 is 0 Å². The lowest BCUT2D eigenvalue weighted by Crippen LogP contribution is -2.58. The summed E-state index contributed by atoms with van der Waals surface area (Å²) in [4.78, 5) is 49.5. The third-order valence-corrected chi connectivity index (χ3v) is 5.50. The number of esters is 3. The molecule has 1 fully saturated rings. The van der Waals surface area contributed by atoms with Gasteiger partial charge in [-0.3, -0.25) is 9.59 Å². The number of ether oxygens (including phenoxy) is 3. The highest BCUT2D eigenvalue weighted by molar-refractivity contribution is 5.98. The van der Waals surface area contributed by atoms with E-state index >= 15 is 0 Å². The molecule has 2 rings (SSSR count). The molecule has 0 aromatic heterocycles. The molecule has 0 saturated carbocycles. The van der Waals surface area contributed by atoms with Crippen LogP contribution in [0, 0.1) is 11.8 Å². The molecular weight excluding hydrogens is 392 g/mol. The summed E-state index contributed by atoms with van der Waals surface area (Å²) in [5, 5.41) is 11.1. The van der Waals surface area contributed by atoms with E-state index < -0.39 is 53.5 Å². The fourth-order valence-electron chi connectivity index (χ4n) is 3.60. The molecule has 0 radical (unpaired) electrons. The molecule has 30 heavy (non-hydrogen) atoms. The van der Waals surface area contributed by atoms with E-state index in [1.807, 2.05) is 6.92 Å². The van der Waals surface area contributed by atoms with Crippen LogP contribution >= 0.6 is 0 Å². The highest BCUT2D eigenvalue weighted by Crippen LogP contribution is 2.40. The van der Waals surface area contributed by atoms with Gasteiger partial charge in [-0.05, 0) is 39.2 Å². The maximum absolute atomic E-state index is 12.7. The van der Waals surface area contributed by atoms with Crippen molar-refractivity contribution in [1.29, 1.82) is 0 Å². The molecule has 0 aromatic rings. The average molecular weight is 420 g/mol. The molecule has 0 spiro atoms. The van der Waals surface area contributed by atoms with Crippen LogP contribution in [-0.2, 0) is 33.4 Å². The van der Waals surface area contributed by atoms with Crippen LogP contribution in [0.25, 0.3) is 0 Å². The number of rotatable bonds is 3. The molecule has 164 valence electrons. The minimum atomic E-state index is -2.23. The van der Waals surface area contributed by atoms with Gasteiger partial charge in [0.05, 0.1) is 5.92 Å². The molecular formula is C22H28O8. The van der Waals surface area contributed by atoms with E-state index in [0.29, 0.717) is 6.42 Å². The summed E-state index contributed by atoms with van der Waals surface area (Å²) in [6, 6.07) is 0. The number of carbonyl (C=O) groups is 4. The van der Waals surface area contributed by atoms with Crippen LogP contribution in [0.2, 0.25) is 0 Å². The summed E-state index contributed by atoms with van der Waals surface area (Å²) in [6.07, 6.45) is 0.930. The van der Waals surface area contributed by atoms with Crippen molar-refractivity contribution in [2.75, 3.05) is 0 Å². The van der Waals surface area contributed by atoms with Crippen molar-refractivity contribution in [3.63, 3.8) is 0 Å². The van der Waals surface area contributed by atoms with E-state index in [4.69, 9.17) is 14.2 Å². The number of hydrogen-bond donors (Lipinski definition) is 1. The zero-order valence-corrected chi connectivity index (χ0v) is 17.8. The van der Waals surface area contributed by atoms with Crippen molar-refractivity contribution in [1.82, 2.24) is 0 Å². The third-order valence-electron chi connectivity index (χ3n) is 5.50. The SMILES string of the molecule is C=C1C(=O)O[C@@H]2C[C@@H](C)/C=C\C(=O)[C@](C)(O)[C@H](OC(C)=O)[C@@H](OC(=O)C(C)=CC)[C@@H]12. The Labute approximate surface area is 175 Å². The summed E-state index contributed by atoms with van der Waals surface area (Å²) in [5.74, 6) is -4.03. The molecule has 1 aliphatic heterocycles. The summed E-state index contributed by atoms with van der Waals surface area (Å²) in [6.45, 7) is 11.0. The Morgan fingerprint density at radius 1 is 1.30 bits per heavy atom. The van der Waals surface area contributed by atoms with Gasteiger partial charge in [0.25, 0.3) is 0 Å². The first-order chi connectivity index (χ1) is 13.9. The van der Waals surface area contributed by atoms with Crippen LogP contribution in [0.1, 0.15) is 41.0 Å². The van der Waals surface area contributed by atoms with Gasteiger partial charge in [-0.15, -0.1) is 0 Å². The molecule has 6 atom stereocenters. The largest absolute Gasteiger partial charge is 0.458 e. The van der Waals surface area contributed by atoms with Crippen LogP contribution in [0.4, 0.5) is 0 Å². The Bertz CT molecular complexity index is 819. The van der Waals surface area contributed by atoms with Crippen molar-refractivity contribution in [2.45, 2.75) is 65.0 Å². The second-order valence-electron chi connectivity index (χ2n) is 7.95. The van der Waals surface area contributed by atoms with Gasteiger partial charge < -0.3 is 19.3 Å². The lowest BCUT2D eigenvalue weighted by Gasteiger charge is -2.39. The van der Waals surface area contributed by atoms with Crippen LogP contribution in [0.15, 0.2) is 36.0 Å². The van der Waals surface area contributed by atoms with E-state index in [-0.39, 0.29) is 17.1 Å². The lowest BCUT2D eigenvalue weighted by atomic mass is 9.77. The highest BCUT2D eigenvalue weighted by Gasteiger charge is 2.55. The predicted octanol–water partition coefficient (Wildman–Crippen LogP) is 1.81. The first-order valence-electron chi connectivity index (χ1n) is 9.76. The van der Waals surface area contributed by atoms with E-state index in [1.54, 1.807) is 13.0 Å². The molecule has 1 aliphatic carbocycles. The first kappa shape index (κ1) is 23.5. The van der Waals surface area contributed by atoms with Gasteiger partial charge in [0.1, 0.15) is 6.10 Å². The van der Waals surface area contributed by atoms with Crippen molar-refractivity contribution < 1.29 is 38.5 Å². The Balaban J connectivity index is 2.68. The average Bonchev–Trinajstić information content (AvgIpc) is 2.94. The predicted molar refractivity (Wildman–Crippen MR) is 106 cm³/mol. The second kappa shape index (κ2) is 8.95. The minimum absolute atomic E-state index is 0.0214. The summed E-state index contributed by atoms with van der Waals surface area (Å²) in [7, 11) is 0. The number of hydrogen-bond acceptors (Lipinski definition) is 8. The van der Waals surface area contributed by atoms with Gasteiger partial charge in [0, 0.05) is 18.1 Å². The minimum Gasteiger partial charge on any atom is -0.458 e. The Kier molecular flexibility index (Phi) is 7.02. The van der Waals surface area contributed by atoms with Crippen LogP contribution in [0.3, 0.4) is 0 Å². The van der Waals surface area contributed by atoms with Gasteiger partial charge in [0.15, 0.2) is 23.6 Å². The molecule has 0 amide bonds. The number of fused-ring (bicyclic) bond motifs is 1. The Morgan fingerprint density at radius 3 is 2.50 bits per heavy atom. The van der Waals surface area contributed by atoms with Crippen LogP contribution in [0.5, 0.6) is 0 Å². The fraction of sp³-hybridized carbons (Fsp3) is 0.545. The topological polar surface area (TPSA) is 116 Å². The van der Waals surface area contributed by atoms with Gasteiger partial charge in [-0.2, -0.15) is 0 Å². The molecule has 1 N–H and O–H groups in total. The quantitative estimate of drug-likeness (QED) is 0.417. The number of ketones is 1. The van der Waals surface area contributed by atoms with E-state index in [0.717, 1.165) is 6.92 Å². The zero-order valence-electron chi connectivity index (χ0n) is 17.8. The lowest BCUT2D eigenvalue weighted by molar-refractivity contribution is -0.194. The Morgan fingerprint density at radius 2 is 1.93 bits per heavy atom. The maximum atomic E-state index is 12.7. The summed E-state index contributed by atoms with van der Waals surface area (Å²) < 4.78 is 16.4. The maximum Gasteiger partial charge on any atom is 0.334 e. The molecule has 8 nitrogen and oxygen atoms in total. The molecule has 0 aromatic carbocycles. The van der Waals surface area contributed by atoms with Gasteiger partial charge >= 0.3 is 17.9 Å². The molecule has 8 heteroatoms. The smallest absolute Gasteiger partial charge is 0.334 e. The molecule has 0 bridgehead atoms. The zero-order chi connectivity index (χ0) is 22.8. The third kappa shape index (κ3) is 4.70. The van der Waals surface area contributed by atoms with Crippen molar-refractivity contribution in [2.24, 2.45) is 11.8 Å². The first-order valence-corrected chi connectivity index (χ1v) is 9.76. The second-order valence-corrected chi connectivity index (χ2v) is 7.95. The van der Waals surface area contributed by atoms with E-state index in [1.165, 1.54) is 26.0 Å². The normalized spacial score (nSPS) is 35.9.